The number of aromatic nitrogens is 2. The van der Waals surface area contributed by atoms with E-state index in [4.69, 9.17) is 0 Å². The number of imidazole rings is 1. The first kappa shape index (κ1) is 12.9. The molecule has 0 unspecified atom stereocenters. The number of thioether (sulfide) groups is 1. The number of benzene rings is 2. The van der Waals surface area contributed by atoms with E-state index in [1.165, 1.54) is 12.1 Å². The highest BCUT2D eigenvalue weighted by atomic mass is 32.2. The molecule has 3 rings (SSSR count). The van der Waals surface area contributed by atoms with Crippen LogP contribution < -0.4 is 0 Å². The van der Waals surface area contributed by atoms with Crippen LogP contribution in [0.15, 0.2) is 66.0 Å². The molecule has 3 aromatic rings. The van der Waals surface area contributed by atoms with Crippen LogP contribution in [0.4, 0.5) is 4.39 Å². The van der Waals surface area contributed by atoms with E-state index in [1.807, 2.05) is 47.4 Å². The van der Waals surface area contributed by atoms with Crippen LogP contribution in [0, 0.1) is 5.82 Å². The summed E-state index contributed by atoms with van der Waals surface area (Å²) in [6.07, 6.45) is 3.83. The van der Waals surface area contributed by atoms with Gasteiger partial charge in [-0.2, -0.15) is 0 Å². The lowest BCUT2D eigenvalue weighted by atomic mass is 10.1. The maximum absolute atomic E-state index is 13.1. The molecule has 100 valence electrons. The van der Waals surface area contributed by atoms with Crippen LogP contribution in [0.1, 0.15) is 0 Å². The first-order chi connectivity index (χ1) is 9.79. The summed E-state index contributed by atoms with van der Waals surface area (Å²) >= 11 is 1.57. The maximum atomic E-state index is 13.1. The van der Waals surface area contributed by atoms with E-state index in [0.29, 0.717) is 0 Å². The first-order valence-corrected chi connectivity index (χ1v) is 7.45. The molecule has 2 aromatic carbocycles. The third-order valence-electron chi connectivity index (χ3n) is 3.07. The van der Waals surface area contributed by atoms with Gasteiger partial charge in [0.25, 0.3) is 0 Å². The quantitative estimate of drug-likeness (QED) is 0.663. The molecule has 0 saturated heterocycles. The Kier molecular flexibility index (Phi) is 3.56. The molecule has 0 aliphatic rings. The van der Waals surface area contributed by atoms with Crippen LogP contribution in [0.25, 0.3) is 16.9 Å². The standard InChI is InChI=1S/C16H13FN2S/c1-20-16-18-11-15(12-5-3-2-4-6-12)19(16)14-9-7-13(17)8-10-14/h2-11H,1H3. The van der Waals surface area contributed by atoms with Gasteiger partial charge in [0.15, 0.2) is 5.16 Å². The van der Waals surface area contributed by atoms with Gasteiger partial charge in [0.1, 0.15) is 5.82 Å². The van der Waals surface area contributed by atoms with Gasteiger partial charge < -0.3 is 0 Å². The van der Waals surface area contributed by atoms with Gasteiger partial charge in [0, 0.05) is 11.3 Å². The Labute approximate surface area is 121 Å². The molecule has 0 radical (unpaired) electrons. The molecule has 0 aliphatic heterocycles. The van der Waals surface area contributed by atoms with Crippen LogP contribution in [0.2, 0.25) is 0 Å². The van der Waals surface area contributed by atoms with Gasteiger partial charge >= 0.3 is 0 Å². The number of hydrogen-bond donors (Lipinski definition) is 0. The molecule has 1 aromatic heterocycles. The highest BCUT2D eigenvalue weighted by molar-refractivity contribution is 7.98. The van der Waals surface area contributed by atoms with E-state index in [2.05, 4.69) is 4.98 Å². The van der Waals surface area contributed by atoms with Crippen LogP contribution in [0.3, 0.4) is 0 Å². The number of halogens is 1. The van der Waals surface area contributed by atoms with Crippen LogP contribution in [0.5, 0.6) is 0 Å². The van der Waals surface area contributed by atoms with Crippen molar-refractivity contribution >= 4 is 11.8 Å². The molecular formula is C16H13FN2S. The minimum atomic E-state index is -0.235. The lowest BCUT2D eigenvalue weighted by molar-refractivity contribution is 0.627. The van der Waals surface area contributed by atoms with Crippen molar-refractivity contribution < 1.29 is 4.39 Å². The minimum absolute atomic E-state index is 0.235. The summed E-state index contributed by atoms with van der Waals surface area (Å²) in [7, 11) is 0. The van der Waals surface area contributed by atoms with Crippen LogP contribution in [-0.4, -0.2) is 15.8 Å². The molecule has 20 heavy (non-hydrogen) atoms. The molecule has 0 bridgehead atoms. The Morgan fingerprint density at radius 3 is 2.35 bits per heavy atom. The fourth-order valence-electron chi connectivity index (χ4n) is 2.13. The minimum Gasteiger partial charge on any atom is -0.287 e. The molecule has 0 spiro atoms. The average Bonchev–Trinajstić information content (AvgIpc) is 2.93. The molecule has 4 heteroatoms. The zero-order valence-corrected chi connectivity index (χ0v) is 11.8. The summed E-state index contributed by atoms with van der Waals surface area (Å²) in [5.74, 6) is -0.235. The van der Waals surface area contributed by atoms with Gasteiger partial charge in [-0.25, -0.2) is 9.37 Å². The Hall–Kier alpha value is -2.07. The van der Waals surface area contributed by atoms with Gasteiger partial charge in [-0.15, -0.1) is 0 Å². The molecule has 0 amide bonds. The average molecular weight is 284 g/mol. The number of rotatable bonds is 3. The summed E-state index contributed by atoms with van der Waals surface area (Å²) in [5, 5.41) is 0.885. The Morgan fingerprint density at radius 1 is 1.00 bits per heavy atom. The zero-order valence-electron chi connectivity index (χ0n) is 11.0. The van der Waals surface area contributed by atoms with E-state index < -0.39 is 0 Å². The zero-order chi connectivity index (χ0) is 13.9. The Bertz CT molecular complexity index is 705. The van der Waals surface area contributed by atoms with Gasteiger partial charge in [-0.1, -0.05) is 42.1 Å². The van der Waals surface area contributed by atoms with Crippen molar-refractivity contribution in [3.8, 4) is 16.9 Å². The fourth-order valence-corrected chi connectivity index (χ4v) is 2.68. The predicted octanol–water partition coefficient (Wildman–Crippen LogP) is 4.40. The summed E-state index contributed by atoms with van der Waals surface area (Å²) < 4.78 is 15.1. The number of nitrogens with zero attached hydrogens (tertiary/aromatic N) is 2. The molecule has 0 fully saturated rings. The second-order valence-electron chi connectivity index (χ2n) is 4.31. The van der Waals surface area contributed by atoms with Gasteiger partial charge in [0.05, 0.1) is 11.9 Å². The van der Waals surface area contributed by atoms with E-state index in [1.54, 1.807) is 23.9 Å². The van der Waals surface area contributed by atoms with Crippen molar-refractivity contribution in [2.45, 2.75) is 5.16 Å². The van der Waals surface area contributed by atoms with Crippen molar-refractivity contribution in [3.05, 3.63) is 66.6 Å². The maximum Gasteiger partial charge on any atom is 0.172 e. The molecule has 0 atom stereocenters. The summed E-state index contributed by atoms with van der Waals surface area (Å²) in [6.45, 7) is 0. The van der Waals surface area contributed by atoms with Crippen molar-refractivity contribution in [3.63, 3.8) is 0 Å². The van der Waals surface area contributed by atoms with Crippen molar-refractivity contribution in [1.82, 2.24) is 9.55 Å². The van der Waals surface area contributed by atoms with E-state index in [-0.39, 0.29) is 5.82 Å². The fraction of sp³-hybridized carbons (Fsp3) is 0.0625. The van der Waals surface area contributed by atoms with Crippen molar-refractivity contribution in [1.29, 1.82) is 0 Å². The van der Waals surface area contributed by atoms with E-state index >= 15 is 0 Å². The molecule has 0 N–H and O–H groups in total. The Balaban J connectivity index is 2.18. The van der Waals surface area contributed by atoms with Gasteiger partial charge in [-0.3, -0.25) is 4.57 Å². The second kappa shape index (κ2) is 5.51. The molecule has 0 aliphatic carbocycles. The molecule has 2 nitrogen and oxygen atoms in total. The highest BCUT2D eigenvalue weighted by Crippen LogP contribution is 2.28. The smallest absolute Gasteiger partial charge is 0.172 e. The highest BCUT2D eigenvalue weighted by Gasteiger charge is 2.12. The molecule has 0 saturated carbocycles. The third kappa shape index (κ3) is 2.34. The van der Waals surface area contributed by atoms with Gasteiger partial charge in [-0.05, 0) is 30.5 Å². The first-order valence-electron chi connectivity index (χ1n) is 6.22. The second-order valence-corrected chi connectivity index (χ2v) is 5.08. The summed E-state index contributed by atoms with van der Waals surface area (Å²) in [4.78, 5) is 4.44. The molecule has 1 heterocycles. The normalized spacial score (nSPS) is 10.7. The van der Waals surface area contributed by atoms with Gasteiger partial charge in [0.2, 0.25) is 0 Å². The topological polar surface area (TPSA) is 17.8 Å². The third-order valence-corrected chi connectivity index (χ3v) is 3.72. The van der Waals surface area contributed by atoms with Crippen LogP contribution >= 0.6 is 11.8 Å². The predicted molar refractivity (Wildman–Crippen MR) is 80.7 cm³/mol. The SMILES string of the molecule is CSc1ncc(-c2ccccc2)n1-c1ccc(F)cc1. The van der Waals surface area contributed by atoms with Crippen molar-refractivity contribution in [2.24, 2.45) is 0 Å². The van der Waals surface area contributed by atoms with E-state index in [0.717, 1.165) is 22.1 Å². The van der Waals surface area contributed by atoms with E-state index in [9.17, 15) is 4.39 Å². The molecular weight excluding hydrogens is 271 g/mol. The lowest BCUT2D eigenvalue weighted by Crippen LogP contribution is -1.98. The summed E-state index contributed by atoms with van der Waals surface area (Å²) in [5.41, 5.74) is 3.00. The van der Waals surface area contributed by atoms with Crippen molar-refractivity contribution in [2.75, 3.05) is 6.26 Å². The Morgan fingerprint density at radius 2 is 1.70 bits per heavy atom. The lowest BCUT2D eigenvalue weighted by Gasteiger charge is -2.11. The number of hydrogen-bond acceptors (Lipinski definition) is 2. The monoisotopic (exact) mass is 284 g/mol. The summed E-state index contributed by atoms with van der Waals surface area (Å²) in [6, 6.07) is 16.5. The van der Waals surface area contributed by atoms with Crippen LogP contribution in [-0.2, 0) is 0 Å². The largest absolute Gasteiger partial charge is 0.287 e.